The standard InChI is InChI=1S/C25H27FN6O5S/c1-15(24-27-12-17(26)13-28-24)16(2)38(33,34)14-21-30-31-25(18-8-6-11-22(29-18)37-5)32(21)23-19(35-3)9-7-10-20(23)36-4/h6-13,15-16H,14H2,1-5H3/t15-,16-/m0/s1. The average molecular weight is 543 g/mol. The first kappa shape index (κ1) is 26.9. The number of sulfone groups is 1. The molecule has 13 heteroatoms. The molecule has 0 saturated carbocycles. The molecule has 0 amide bonds. The molecule has 0 N–H and O–H groups in total. The average Bonchev–Trinajstić information content (AvgIpc) is 3.34. The number of para-hydroxylation sites is 1. The van der Waals surface area contributed by atoms with Gasteiger partial charge in [-0.05, 0) is 25.1 Å². The Bertz CT molecular complexity index is 1510. The minimum absolute atomic E-state index is 0.117. The number of hydrogen-bond acceptors (Lipinski definition) is 10. The van der Waals surface area contributed by atoms with Crippen LogP contribution in [-0.4, -0.2) is 64.7 Å². The van der Waals surface area contributed by atoms with E-state index in [-0.39, 0.29) is 17.5 Å². The Kier molecular flexibility index (Phi) is 7.86. The van der Waals surface area contributed by atoms with Crippen molar-refractivity contribution < 1.29 is 27.0 Å². The van der Waals surface area contributed by atoms with Gasteiger partial charge in [-0.25, -0.2) is 27.8 Å². The number of hydrogen-bond donors (Lipinski definition) is 0. The molecule has 3 aromatic heterocycles. The second-order valence-corrected chi connectivity index (χ2v) is 10.8. The van der Waals surface area contributed by atoms with Crippen molar-refractivity contribution in [1.82, 2.24) is 29.7 Å². The van der Waals surface area contributed by atoms with Crippen molar-refractivity contribution in [3.8, 4) is 34.6 Å². The summed E-state index contributed by atoms with van der Waals surface area (Å²) in [6, 6.07) is 10.3. The minimum Gasteiger partial charge on any atom is -0.494 e. The molecule has 0 saturated heterocycles. The van der Waals surface area contributed by atoms with E-state index in [0.29, 0.717) is 28.8 Å². The first-order valence-corrected chi connectivity index (χ1v) is 13.3. The Morgan fingerprint density at radius 1 is 0.921 bits per heavy atom. The summed E-state index contributed by atoms with van der Waals surface area (Å²) in [4.78, 5) is 12.4. The quantitative estimate of drug-likeness (QED) is 0.294. The van der Waals surface area contributed by atoms with Gasteiger partial charge in [0.1, 0.15) is 34.5 Å². The molecular formula is C25H27FN6O5S. The highest BCUT2D eigenvalue weighted by Crippen LogP contribution is 2.37. The van der Waals surface area contributed by atoms with Crippen LogP contribution in [0.4, 0.5) is 4.39 Å². The zero-order valence-electron chi connectivity index (χ0n) is 21.5. The van der Waals surface area contributed by atoms with Crippen molar-refractivity contribution in [1.29, 1.82) is 0 Å². The SMILES string of the molecule is COc1cccc(-c2nnc(CS(=O)(=O)[C@@H](C)[C@H](C)c3ncc(F)cn3)n2-c2c(OC)cccc2OC)n1. The Balaban J connectivity index is 1.84. The normalized spacial score (nSPS) is 13.1. The largest absolute Gasteiger partial charge is 0.494 e. The summed E-state index contributed by atoms with van der Waals surface area (Å²) in [6.45, 7) is 3.23. The van der Waals surface area contributed by atoms with Gasteiger partial charge in [0, 0.05) is 12.0 Å². The maximum absolute atomic E-state index is 13.6. The maximum Gasteiger partial charge on any atom is 0.213 e. The van der Waals surface area contributed by atoms with Crippen LogP contribution in [0.3, 0.4) is 0 Å². The van der Waals surface area contributed by atoms with Crippen LogP contribution in [0.2, 0.25) is 0 Å². The zero-order valence-corrected chi connectivity index (χ0v) is 22.3. The highest BCUT2D eigenvalue weighted by molar-refractivity contribution is 7.91. The third kappa shape index (κ3) is 5.28. The van der Waals surface area contributed by atoms with E-state index in [1.165, 1.54) is 21.3 Å². The van der Waals surface area contributed by atoms with Crippen molar-refractivity contribution in [2.45, 2.75) is 30.8 Å². The van der Waals surface area contributed by atoms with E-state index < -0.39 is 32.6 Å². The molecular weight excluding hydrogens is 515 g/mol. The Morgan fingerprint density at radius 2 is 1.55 bits per heavy atom. The van der Waals surface area contributed by atoms with Crippen molar-refractivity contribution in [2.24, 2.45) is 0 Å². The molecule has 0 spiro atoms. The van der Waals surface area contributed by atoms with Crippen LogP contribution in [0.5, 0.6) is 17.4 Å². The van der Waals surface area contributed by atoms with Crippen molar-refractivity contribution >= 4 is 9.84 Å². The van der Waals surface area contributed by atoms with Gasteiger partial charge in [0.15, 0.2) is 27.3 Å². The van der Waals surface area contributed by atoms with E-state index in [0.717, 1.165) is 12.4 Å². The molecule has 0 radical (unpaired) electrons. The van der Waals surface area contributed by atoms with E-state index in [4.69, 9.17) is 14.2 Å². The summed E-state index contributed by atoms with van der Waals surface area (Å²) in [5.74, 6) is 0.0766. The van der Waals surface area contributed by atoms with Crippen molar-refractivity contribution in [2.75, 3.05) is 21.3 Å². The summed E-state index contributed by atoms with van der Waals surface area (Å²) in [5, 5.41) is 7.63. The number of methoxy groups -OCH3 is 3. The van der Waals surface area contributed by atoms with Crippen LogP contribution >= 0.6 is 0 Å². The third-order valence-corrected chi connectivity index (χ3v) is 8.37. The monoisotopic (exact) mass is 542 g/mol. The molecule has 1 aromatic carbocycles. The Morgan fingerprint density at radius 3 is 2.16 bits per heavy atom. The molecule has 0 aliphatic heterocycles. The highest BCUT2D eigenvalue weighted by atomic mass is 32.2. The van der Waals surface area contributed by atoms with Gasteiger partial charge in [0.2, 0.25) is 5.88 Å². The molecule has 0 unspecified atom stereocenters. The fourth-order valence-electron chi connectivity index (χ4n) is 3.91. The molecule has 200 valence electrons. The van der Waals surface area contributed by atoms with E-state index >= 15 is 0 Å². The van der Waals surface area contributed by atoms with Crippen LogP contribution in [0, 0.1) is 5.82 Å². The van der Waals surface area contributed by atoms with Gasteiger partial charge in [-0.15, -0.1) is 10.2 Å². The number of aromatic nitrogens is 6. The minimum atomic E-state index is -3.85. The molecule has 38 heavy (non-hydrogen) atoms. The summed E-state index contributed by atoms with van der Waals surface area (Å²) >= 11 is 0. The molecule has 4 aromatic rings. The van der Waals surface area contributed by atoms with Crippen LogP contribution in [0.1, 0.15) is 31.4 Å². The van der Waals surface area contributed by atoms with Crippen LogP contribution < -0.4 is 14.2 Å². The molecule has 0 aliphatic carbocycles. The first-order valence-electron chi connectivity index (χ1n) is 11.6. The second-order valence-electron chi connectivity index (χ2n) is 8.41. The number of nitrogens with zero attached hydrogens (tertiary/aromatic N) is 6. The Labute approximate surface area is 219 Å². The van der Waals surface area contributed by atoms with Gasteiger partial charge < -0.3 is 14.2 Å². The van der Waals surface area contributed by atoms with E-state index in [2.05, 4.69) is 25.1 Å². The molecule has 0 fully saturated rings. The second kappa shape index (κ2) is 11.1. The van der Waals surface area contributed by atoms with Crippen LogP contribution in [0.15, 0.2) is 48.8 Å². The van der Waals surface area contributed by atoms with Gasteiger partial charge in [-0.2, -0.15) is 0 Å². The summed E-state index contributed by atoms with van der Waals surface area (Å²) < 4.78 is 58.5. The van der Waals surface area contributed by atoms with Crippen LogP contribution in [-0.2, 0) is 15.6 Å². The number of halogens is 1. The molecule has 2 atom stereocenters. The number of rotatable bonds is 10. The van der Waals surface area contributed by atoms with Crippen LogP contribution in [0.25, 0.3) is 17.2 Å². The third-order valence-electron chi connectivity index (χ3n) is 6.17. The lowest BCUT2D eigenvalue weighted by Gasteiger charge is -2.20. The Hall–Kier alpha value is -4.13. The lowest BCUT2D eigenvalue weighted by molar-refractivity contribution is 0.390. The van der Waals surface area contributed by atoms with Gasteiger partial charge in [-0.3, -0.25) is 4.57 Å². The number of benzene rings is 1. The van der Waals surface area contributed by atoms with Crippen molar-refractivity contribution in [3.05, 3.63) is 66.3 Å². The molecule has 0 bridgehead atoms. The topological polar surface area (TPSA) is 131 Å². The zero-order chi connectivity index (χ0) is 27.4. The number of pyridine rings is 1. The summed E-state index contributed by atoms with van der Waals surface area (Å²) in [7, 11) is 0.636. The van der Waals surface area contributed by atoms with E-state index in [1.807, 2.05) is 0 Å². The van der Waals surface area contributed by atoms with E-state index in [1.54, 1.807) is 54.8 Å². The van der Waals surface area contributed by atoms with E-state index in [9.17, 15) is 12.8 Å². The lowest BCUT2D eigenvalue weighted by Crippen LogP contribution is -2.27. The first-order chi connectivity index (χ1) is 18.2. The molecule has 3 heterocycles. The smallest absolute Gasteiger partial charge is 0.213 e. The van der Waals surface area contributed by atoms with Gasteiger partial charge in [0.25, 0.3) is 0 Å². The molecule has 11 nitrogen and oxygen atoms in total. The highest BCUT2D eigenvalue weighted by Gasteiger charge is 2.33. The lowest BCUT2D eigenvalue weighted by atomic mass is 10.1. The summed E-state index contributed by atoms with van der Waals surface area (Å²) in [5.41, 5.74) is 0.810. The summed E-state index contributed by atoms with van der Waals surface area (Å²) in [6.07, 6.45) is 2.02. The van der Waals surface area contributed by atoms with Gasteiger partial charge >= 0.3 is 0 Å². The van der Waals surface area contributed by atoms with Crippen molar-refractivity contribution in [3.63, 3.8) is 0 Å². The predicted molar refractivity (Wildman–Crippen MR) is 137 cm³/mol. The fourth-order valence-corrected chi connectivity index (χ4v) is 5.46. The molecule has 4 rings (SSSR count). The maximum atomic E-state index is 13.6. The molecule has 0 aliphatic rings. The number of ether oxygens (including phenoxy) is 3. The van der Waals surface area contributed by atoms with Gasteiger partial charge in [-0.1, -0.05) is 19.1 Å². The van der Waals surface area contributed by atoms with Gasteiger partial charge in [0.05, 0.1) is 39.0 Å². The fraction of sp³-hybridized carbons (Fsp3) is 0.320. The predicted octanol–water partition coefficient (Wildman–Crippen LogP) is 3.39.